The van der Waals surface area contributed by atoms with Crippen molar-refractivity contribution < 1.29 is 14.0 Å². The number of halogens is 1. The number of hydrogen-bond acceptors (Lipinski definition) is 3. The van der Waals surface area contributed by atoms with Crippen LogP contribution in [0.4, 0.5) is 10.1 Å². The normalized spacial score (nSPS) is 12.0. The Morgan fingerprint density at radius 2 is 2.05 bits per heavy atom. The summed E-state index contributed by atoms with van der Waals surface area (Å²) in [5, 5.41) is 2.52. The molecule has 104 valence electrons. The Kier molecular flexibility index (Phi) is 5.00. The lowest BCUT2D eigenvalue weighted by atomic mass is 10.1. The van der Waals surface area contributed by atoms with Gasteiger partial charge in [-0.3, -0.25) is 9.59 Å². The van der Waals surface area contributed by atoms with E-state index in [-0.39, 0.29) is 16.8 Å². The predicted molar refractivity (Wildman–Crippen MR) is 71.2 cm³/mol. The molecule has 5 nitrogen and oxygen atoms in total. The first kappa shape index (κ1) is 15.1. The quantitative estimate of drug-likeness (QED) is 0.749. The van der Waals surface area contributed by atoms with Gasteiger partial charge in [0.2, 0.25) is 11.8 Å². The van der Waals surface area contributed by atoms with Crippen LogP contribution in [-0.4, -0.2) is 17.9 Å². The first-order chi connectivity index (χ1) is 8.86. The van der Waals surface area contributed by atoms with Crippen molar-refractivity contribution in [2.45, 2.75) is 32.7 Å². The number of hydrogen-bond donors (Lipinski definition) is 3. The van der Waals surface area contributed by atoms with Crippen LogP contribution >= 0.6 is 0 Å². The molecule has 0 saturated heterocycles. The highest BCUT2D eigenvalue weighted by molar-refractivity contribution is 5.98. The van der Waals surface area contributed by atoms with Crippen molar-refractivity contribution in [1.82, 2.24) is 0 Å². The fourth-order valence-corrected chi connectivity index (χ4v) is 1.62. The van der Waals surface area contributed by atoms with Crippen molar-refractivity contribution in [2.24, 2.45) is 11.5 Å². The van der Waals surface area contributed by atoms with Crippen molar-refractivity contribution in [3.05, 3.63) is 29.1 Å². The van der Waals surface area contributed by atoms with Crippen LogP contribution in [0.5, 0.6) is 0 Å². The minimum absolute atomic E-state index is 0.00228. The molecule has 0 radical (unpaired) electrons. The highest BCUT2D eigenvalue weighted by Gasteiger charge is 2.16. The molecule has 0 aliphatic heterocycles. The minimum atomic E-state index is -0.757. The number of rotatable bonds is 5. The van der Waals surface area contributed by atoms with Gasteiger partial charge in [0.25, 0.3) is 0 Å². The predicted octanol–water partition coefficient (Wildman–Crippen LogP) is 1.30. The Balaban J connectivity index is 3.00. The van der Waals surface area contributed by atoms with Gasteiger partial charge in [-0.05, 0) is 25.5 Å². The average molecular weight is 267 g/mol. The smallest absolute Gasteiger partial charge is 0.248 e. The lowest BCUT2D eigenvalue weighted by Crippen LogP contribution is -2.35. The molecule has 0 bridgehead atoms. The monoisotopic (exact) mass is 267 g/mol. The number of amides is 2. The molecule has 1 rings (SSSR count). The van der Waals surface area contributed by atoms with E-state index in [1.165, 1.54) is 13.0 Å². The third-order valence-corrected chi connectivity index (χ3v) is 2.82. The third-order valence-electron chi connectivity index (χ3n) is 2.82. The largest absolute Gasteiger partial charge is 0.366 e. The zero-order chi connectivity index (χ0) is 14.6. The lowest BCUT2D eigenvalue weighted by molar-refractivity contribution is -0.117. The fraction of sp³-hybridized carbons (Fsp3) is 0.385. The van der Waals surface area contributed by atoms with Crippen LogP contribution in [0.15, 0.2) is 12.1 Å². The Hall–Kier alpha value is -1.95. The molecule has 0 aliphatic rings. The maximum absolute atomic E-state index is 13.6. The highest BCUT2D eigenvalue weighted by atomic mass is 19.1. The maximum atomic E-state index is 13.6. The van der Waals surface area contributed by atoms with Gasteiger partial charge in [-0.25, -0.2) is 4.39 Å². The first-order valence-electron chi connectivity index (χ1n) is 6.03. The van der Waals surface area contributed by atoms with Crippen LogP contribution in [-0.2, 0) is 4.79 Å². The summed E-state index contributed by atoms with van der Waals surface area (Å²) >= 11 is 0. The lowest BCUT2D eigenvalue weighted by Gasteiger charge is -2.14. The van der Waals surface area contributed by atoms with Gasteiger partial charge in [-0.1, -0.05) is 13.3 Å². The third kappa shape index (κ3) is 3.75. The topological polar surface area (TPSA) is 98.2 Å². The zero-order valence-electron chi connectivity index (χ0n) is 11.0. The van der Waals surface area contributed by atoms with E-state index < -0.39 is 23.7 Å². The fourth-order valence-electron chi connectivity index (χ4n) is 1.62. The molecule has 0 fully saturated rings. The Bertz CT molecular complexity index is 503. The van der Waals surface area contributed by atoms with Crippen molar-refractivity contribution in [3.63, 3.8) is 0 Å². The molecule has 6 heteroatoms. The first-order valence-corrected chi connectivity index (χ1v) is 6.03. The number of benzene rings is 1. The second-order valence-electron chi connectivity index (χ2n) is 4.38. The van der Waals surface area contributed by atoms with Crippen LogP contribution in [0.1, 0.15) is 35.7 Å². The van der Waals surface area contributed by atoms with E-state index in [1.54, 1.807) is 0 Å². The molecular formula is C13H18FN3O2. The van der Waals surface area contributed by atoms with Gasteiger partial charge in [0.1, 0.15) is 5.82 Å². The van der Waals surface area contributed by atoms with Crippen LogP contribution in [0.2, 0.25) is 0 Å². The van der Waals surface area contributed by atoms with E-state index in [0.717, 1.165) is 12.5 Å². The van der Waals surface area contributed by atoms with Gasteiger partial charge in [-0.2, -0.15) is 0 Å². The van der Waals surface area contributed by atoms with Crippen LogP contribution in [0.25, 0.3) is 0 Å². The van der Waals surface area contributed by atoms with Gasteiger partial charge < -0.3 is 16.8 Å². The molecule has 0 unspecified atom stereocenters. The minimum Gasteiger partial charge on any atom is -0.366 e. The van der Waals surface area contributed by atoms with E-state index in [1.807, 2.05) is 6.92 Å². The molecule has 0 saturated carbocycles. The van der Waals surface area contributed by atoms with Crippen molar-refractivity contribution in [1.29, 1.82) is 0 Å². The van der Waals surface area contributed by atoms with Gasteiger partial charge in [0.05, 0.1) is 6.04 Å². The number of carbonyl (C=O) groups is 2. The zero-order valence-corrected chi connectivity index (χ0v) is 11.0. The van der Waals surface area contributed by atoms with Crippen molar-refractivity contribution >= 4 is 17.5 Å². The van der Waals surface area contributed by atoms with Gasteiger partial charge >= 0.3 is 0 Å². The number of nitrogens with two attached hydrogens (primary N) is 2. The molecular weight excluding hydrogens is 249 g/mol. The summed E-state index contributed by atoms with van der Waals surface area (Å²) in [7, 11) is 0. The van der Waals surface area contributed by atoms with Crippen LogP contribution < -0.4 is 16.8 Å². The number of carbonyl (C=O) groups excluding carboxylic acids is 2. The van der Waals surface area contributed by atoms with E-state index in [2.05, 4.69) is 5.32 Å². The Morgan fingerprint density at radius 1 is 1.42 bits per heavy atom. The number of nitrogens with one attached hydrogen (secondary N) is 1. The molecule has 1 aromatic rings. The van der Waals surface area contributed by atoms with E-state index in [0.29, 0.717) is 6.42 Å². The summed E-state index contributed by atoms with van der Waals surface area (Å²) in [6.07, 6.45) is 1.30. The van der Waals surface area contributed by atoms with Crippen molar-refractivity contribution in [2.75, 3.05) is 5.32 Å². The molecule has 5 N–H and O–H groups in total. The van der Waals surface area contributed by atoms with Gasteiger partial charge in [0.15, 0.2) is 0 Å². The Morgan fingerprint density at radius 3 is 2.58 bits per heavy atom. The van der Waals surface area contributed by atoms with E-state index >= 15 is 0 Å². The molecule has 1 atom stereocenters. The standard InChI is InChI=1S/C13H18FN3O2/c1-3-4-10(15)13(19)17-11-6-8(12(16)18)5-9(14)7(11)2/h5-6,10H,3-4,15H2,1-2H3,(H2,16,18)(H,17,19)/t10-/m0/s1. The summed E-state index contributed by atoms with van der Waals surface area (Å²) in [5.41, 5.74) is 11.2. The second-order valence-corrected chi connectivity index (χ2v) is 4.38. The van der Waals surface area contributed by atoms with Crippen molar-refractivity contribution in [3.8, 4) is 0 Å². The molecule has 19 heavy (non-hydrogen) atoms. The van der Waals surface area contributed by atoms with Crippen LogP contribution in [0, 0.1) is 12.7 Å². The SMILES string of the molecule is CCC[C@H](N)C(=O)Nc1cc(C(N)=O)cc(F)c1C. The summed E-state index contributed by atoms with van der Waals surface area (Å²) in [6.45, 7) is 3.41. The number of primary amides is 1. The van der Waals surface area contributed by atoms with E-state index in [9.17, 15) is 14.0 Å². The maximum Gasteiger partial charge on any atom is 0.248 e. The summed E-state index contributed by atoms with van der Waals surface area (Å²) in [6, 6.07) is 1.72. The van der Waals surface area contributed by atoms with Crippen LogP contribution in [0.3, 0.4) is 0 Å². The highest BCUT2D eigenvalue weighted by Crippen LogP contribution is 2.21. The molecule has 0 aliphatic carbocycles. The van der Waals surface area contributed by atoms with E-state index in [4.69, 9.17) is 11.5 Å². The summed E-state index contributed by atoms with van der Waals surface area (Å²) in [4.78, 5) is 22.8. The van der Waals surface area contributed by atoms with Gasteiger partial charge in [0, 0.05) is 16.8 Å². The molecule has 2 amide bonds. The average Bonchev–Trinajstić information content (AvgIpc) is 2.34. The van der Waals surface area contributed by atoms with Gasteiger partial charge in [-0.15, -0.1) is 0 Å². The number of anilines is 1. The second kappa shape index (κ2) is 6.29. The Labute approximate surface area is 111 Å². The molecule has 1 aromatic carbocycles. The molecule has 0 heterocycles. The molecule has 0 spiro atoms. The summed E-state index contributed by atoms with van der Waals surface area (Å²) in [5.74, 6) is -1.77. The summed E-state index contributed by atoms with van der Waals surface area (Å²) < 4.78 is 13.6. The molecule has 0 aromatic heterocycles.